The molecule has 0 radical (unpaired) electrons. The van der Waals surface area contributed by atoms with Crippen molar-refractivity contribution in [3.63, 3.8) is 0 Å². The number of nitrogens with one attached hydrogen (secondary N) is 1. The quantitative estimate of drug-likeness (QED) is 0.471. The number of hydrogen-bond donors (Lipinski definition) is 1. The van der Waals surface area contributed by atoms with Gasteiger partial charge >= 0.3 is 0 Å². The second-order valence-corrected chi connectivity index (χ2v) is 9.67. The van der Waals surface area contributed by atoms with Gasteiger partial charge in [-0.3, -0.25) is 9.48 Å². The Labute approximate surface area is 196 Å². The highest BCUT2D eigenvalue weighted by Crippen LogP contribution is 2.37. The Bertz CT molecular complexity index is 1200. The summed E-state index contributed by atoms with van der Waals surface area (Å²) in [6, 6.07) is 13.2. The predicted molar refractivity (Wildman–Crippen MR) is 133 cm³/mol. The molecule has 1 atom stereocenters. The summed E-state index contributed by atoms with van der Waals surface area (Å²) in [6.07, 6.45) is 11.6. The number of benzene rings is 2. The highest BCUT2D eigenvalue weighted by Gasteiger charge is 2.24. The molecule has 2 aliphatic rings. The van der Waals surface area contributed by atoms with Crippen LogP contribution in [0.5, 0.6) is 0 Å². The van der Waals surface area contributed by atoms with Crippen molar-refractivity contribution in [2.75, 3.05) is 0 Å². The maximum absolute atomic E-state index is 13.4. The zero-order chi connectivity index (χ0) is 22.8. The largest absolute Gasteiger partial charge is 0.349 e. The molecule has 2 aliphatic carbocycles. The van der Waals surface area contributed by atoms with Crippen molar-refractivity contribution in [3.8, 4) is 11.8 Å². The second-order valence-electron chi connectivity index (χ2n) is 9.67. The number of amides is 1. The van der Waals surface area contributed by atoms with Crippen molar-refractivity contribution >= 4 is 16.8 Å². The minimum absolute atomic E-state index is 0.00260. The minimum Gasteiger partial charge on any atom is -0.349 e. The first kappa shape index (κ1) is 21.8. The average Bonchev–Trinajstić information content (AvgIpc) is 3.24. The summed E-state index contributed by atoms with van der Waals surface area (Å²) >= 11 is 0. The molecule has 1 amide bonds. The van der Waals surface area contributed by atoms with E-state index in [9.17, 15) is 4.79 Å². The molecule has 1 aromatic heterocycles. The number of hydrogen-bond acceptors (Lipinski definition) is 2. The zero-order valence-corrected chi connectivity index (χ0v) is 19.7. The molecule has 2 fully saturated rings. The van der Waals surface area contributed by atoms with E-state index in [1.807, 2.05) is 29.9 Å². The van der Waals surface area contributed by atoms with Crippen LogP contribution in [0.15, 0.2) is 42.6 Å². The average molecular weight is 440 g/mol. The Morgan fingerprint density at radius 3 is 2.45 bits per heavy atom. The molecule has 0 spiro atoms. The predicted octanol–water partition coefficient (Wildman–Crippen LogP) is 6.35. The van der Waals surface area contributed by atoms with Crippen molar-refractivity contribution in [1.82, 2.24) is 15.1 Å². The second kappa shape index (κ2) is 9.43. The van der Waals surface area contributed by atoms with Crippen LogP contribution in [-0.4, -0.2) is 21.7 Å². The van der Waals surface area contributed by atoms with Crippen LogP contribution in [0.25, 0.3) is 10.9 Å². The Hall–Kier alpha value is -3.06. The first-order chi connectivity index (χ1) is 16.2. The van der Waals surface area contributed by atoms with E-state index in [-0.39, 0.29) is 18.0 Å². The molecular weight excluding hydrogens is 406 g/mol. The monoisotopic (exact) mass is 439 g/mol. The third-order valence-corrected chi connectivity index (χ3v) is 7.56. The minimum atomic E-state index is -0.00260. The van der Waals surface area contributed by atoms with Crippen LogP contribution < -0.4 is 5.32 Å². The Morgan fingerprint density at radius 1 is 1.03 bits per heavy atom. The molecule has 0 bridgehead atoms. The molecule has 2 saturated carbocycles. The van der Waals surface area contributed by atoms with E-state index in [1.54, 1.807) is 0 Å². The molecule has 1 heterocycles. The van der Waals surface area contributed by atoms with E-state index < -0.39 is 0 Å². The van der Waals surface area contributed by atoms with Gasteiger partial charge in [0, 0.05) is 17.0 Å². The van der Waals surface area contributed by atoms with E-state index >= 15 is 0 Å². The van der Waals surface area contributed by atoms with Crippen molar-refractivity contribution in [3.05, 3.63) is 64.8 Å². The van der Waals surface area contributed by atoms with Crippen molar-refractivity contribution in [2.45, 2.75) is 83.2 Å². The van der Waals surface area contributed by atoms with Crippen LogP contribution in [0.1, 0.15) is 104 Å². The van der Waals surface area contributed by atoms with Crippen LogP contribution in [0.2, 0.25) is 0 Å². The summed E-state index contributed by atoms with van der Waals surface area (Å²) in [7, 11) is 0. The SMILES string of the molecule is CC#Cc1ccc(C(=O)NC2CCCCC2)c2c1cnn2[C@H](C)c1ccc(C2CCC2)cc1. The van der Waals surface area contributed by atoms with Gasteiger partial charge in [-0.25, -0.2) is 0 Å². The maximum Gasteiger partial charge on any atom is 0.253 e. The van der Waals surface area contributed by atoms with Gasteiger partial charge in [0.1, 0.15) is 0 Å². The van der Waals surface area contributed by atoms with Gasteiger partial charge in [0.05, 0.1) is 23.3 Å². The number of fused-ring (bicyclic) bond motifs is 1. The van der Waals surface area contributed by atoms with Gasteiger partial charge in [-0.05, 0) is 68.7 Å². The third kappa shape index (κ3) is 4.29. The molecule has 3 aromatic rings. The van der Waals surface area contributed by atoms with E-state index in [2.05, 4.69) is 48.3 Å². The van der Waals surface area contributed by atoms with E-state index in [0.29, 0.717) is 5.56 Å². The van der Waals surface area contributed by atoms with Gasteiger partial charge < -0.3 is 5.32 Å². The number of nitrogens with zero attached hydrogens (tertiary/aromatic N) is 2. The molecular formula is C29H33N3O. The van der Waals surface area contributed by atoms with E-state index in [1.165, 1.54) is 49.7 Å². The van der Waals surface area contributed by atoms with Crippen LogP contribution in [-0.2, 0) is 0 Å². The fraction of sp³-hybridized carbons (Fsp3) is 0.448. The van der Waals surface area contributed by atoms with Gasteiger partial charge in [0.15, 0.2) is 0 Å². The third-order valence-electron chi connectivity index (χ3n) is 7.56. The summed E-state index contributed by atoms with van der Waals surface area (Å²) < 4.78 is 2.00. The molecule has 4 heteroatoms. The lowest BCUT2D eigenvalue weighted by Crippen LogP contribution is -2.36. The number of aromatic nitrogens is 2. The molecule has 2 aromatic carbocycles. The highest BCUT2D eigenvalue weighted by molar-refractivity contribution is 6.07. The fourth-order valence-corrected chi connectivity index (χ4v) is 5.32. The lowest BCUT2D eigenvalue weighted by Gasteiger charge is -2.26. The van der Waals surface area contributed by atoms with Crippen LogP contribution in [0, 0.1) is 11.8 Å². The lowest BCUT2D eigenvalue weighted by molar-refractivity contribution is 0.0929. The van der Waals surface area contributed by atoms with Gasteiger partial charge in [-0.1, -0.05) is 55.9 Å². The van der Waals surface area contributed by atoms with Crippen LogP contribution in [0.4, 0.5) is 0 Å². The Kier molecular flexibility index (Phi) is 6.22. The number of carbonyl (C=O) groups excluding carboxylic acids is 1. The first-order valence-electron chi connectivity index (χ1n) is 12.5. The molecule has 170 valence electrons. The fourth-order valence-electron chi connectivity index (χ4n) is 5.32. The van der Waals surface area contributed by atoms with Crippen LogP contribution >= 0.6 is 0 Å². The molecule has 4 nitrogen and oxygen atoms in total. The van der Waals surface area contributed by atoms with E-state index in [4.69, 9.17) is 5.10 Å². The summed E-state index contributed by atoms with van der Waals surface area (Å²) in [5, 5.41) is 8.99. The summed E-state index contributed by atoms with van der Waals surface area (Å²) in [4.78, 5) is 13.4. The topological polar surface area (TPSA) is 46.9 Å². The van der Waals surface area contributed by atoms with Gasteiger partial charge in [0.25, 0.3) is 5.91 Å². The van der Waals surface area contributed by atoms with Gasteiger partial charge in [0.2, 0.25) is 0 Å². The highest BCUT2D eigenvalue weighted by atomic mass is 16.1. The molecule has 5 rings (SSSR count). The molecule has 0 unspecified atom stereocenters. The van der Waals surface area contributed by atoms with E-state index in [0.717, 1.165) is 35.2 Å². The lowest BCUT2D eigenvalue weighted by atomic mass is 9.80. The molecule has 0 aliphatic heterocycles. The molecule has 1 N–H and O–H groups in total. The summed E-state index contributed by atoms with van der Waals surface area (Å²) in [5.74, 6) is 6.91. The summed E-state index contributed by atoms with van der Waals surface area (Å²) in [5.41, 5.74) is 5.12. The molecule has 0 saturated heterocycles. The normalized spacial score (nSPS) is 17.8. The molecule has 33 heavy (non-hydrogen) atoms. The van der Waals surface area contributed by atoms with Crippen molar-refractivity contribution in [1.29, 1.82) is 0 Å². The Balaban J connectivity index is 1.51. The maximum atomic E-state index is 13.4. The smallest absolute Gasteiger partial charge is 0.253 e. The van der Waals surface area contributed by atoms with Crippen molar-refractivity contribution < 1.29 is 4.79 Å². The van der Waals surface area contributed by atoms with Crippen molar-refractivity contribution in [2.24, 2.45) is 0 Å². The Morgan fingerprint density at radius 2 is 1.79 bits per heavy atom. The van der Waals surface area contributed by atoms with Crippen LogP contribution in [0.3, 0.4) is 0 Å². The first-order valence-corrected chi connectivity index (χ1v) is 12.5. The van der Waals surface area contributed by atoms with Gasteiger partial charge in [-0.15, -0.1) is 5.92 Å². The van der Waals surface area contributed by atoms with Gasteiger partial charge in [-0.2, -0.15) is 5.10 Å². The zero-order valence-electron chi connectivity index (χ0n) is 19.7. The number of rotatable bonds is 5. The summed E-state index contributed by atoms with van der Waals surface area (Å²) in [6.45, 7) is 4.00. The standard InChI is InChI=1S/C29H33N3O/c1-3-8-24-17-18-26(29(33)31-25-11-5-4-6-12-25)28-27(24)19-30-32(28)20(2)21-13-15-23(16-14-21)22-9-7-10-22/h13-20,22,25H,4-7,9-12H2,1-2H3,(H,31,33)/t20-/m1/s1. The number of carbonyl (C=O) groups is 1.